The third kappa shape index (κ3) is 5.30. The van der Waals surface area contributed by atoms with E-state index >= 15 is 0 Å². The second kappa shape index (κ2) is 8.39. The lowest BCUT2D eigenvalue weighted by atomic mass is 10.0. The number of hydrogen-bond donors (Lipinski definition) is 1. The quantitative estimate of drug-likeness (QED) is 0.846. The number of carbonyl (C=O) groups is 1. The lowest BCUT2D eigenvalue weighted by Gasteiger charge is -2.13. The minimum atomic E-state index is -0.125. The Morgan fingerprint density at radius 3 is 2.21 bits per heavy atom. The van der Waals surface area contributed by atoms with Crippen LogP contribution in [0, 0.1) is 0 Å². The van der Waals surface area contributed by atoms with Crippen molar-refractivity contribution in [1.82, 2.24) is 5.32 Å². The molecule has 0 bridgehead atoms. The second-order valence-electron chi connectivity index (χ2n) is 6.35. The summed E-state index contributed by atoms with van der Waals surface area (Å²) in [6.07, 6.45) is 0. The molecule has 0 saturated heterocycles. The van der Waals surface area contributed by atoms with Crippen LogP contribution < -0.4 is 15.0 Å². The van der Waals surface area contributed by atoms with Gasteiger partial charge in [0.05, 0.1) is 0 Å². The molecule has 2 aromatic rings. The van der Waals surface area contributed by atoms with Crippen molar-refractivity contribution >= 4 is 11.6 Å². The van der Waals surface area contributed by atoms with E-state index in [1.54, 1.807) is 0 Å². The molecule has 2 aromatic carbocycles. The molecule has 0 aliphatic heterocycles. The van der Waals surface area contributed by atoms with Crippen molar-refractivity contribution in [3.8, 4) is 5.75 Å². The van der Waals surface area contributed by atoms with Crippen LogP contribution in [-0.2, 0) is 11.3 Å². The average molecular weight is 326 g/mol. The molecule has 4 nitrogen and oxygen atoms in total. The second-order valence-corrected chi connectivity index (χ2v) is 6.35. The van der Waals surface area contributed by atoms with Crippen LogP contribution in [0.4, 0.5) is 5.69 Å². The first-order valence-corrected chi connectivity index (χ1v) is 8.21. The highest BCUT2D eigenvalue weighted by Gasteiger charge is 2.04. The number of ether oxygens (including phenoxy) is 1. The molecule has 0 spiro atoms. The topological polar surface area (TPSA) is 41.6 Å². The molecule has 4 heteroatoms. The smallest absolute Gasteiger partial charge is 0.258 e. The van der Waals surface area contributed by atoms with Gasteiger partial charge in [0.1, 0.15) is 5.75 Å². The maximum absolute atomic E-state index is 11.9. The van der Waals surface area contributed by atoms with Gasteiger partial charge in [-0.15, -0.1) is 0 Å². The van der Waals surface area contributed by atoms with E-state index < -0.39 is 0 Å². The van der Waals surface area contributed by atoms with Gasteiger partial charge in [0.2, 0.25) is 0 Å². The third-order valence-corrected chi connectivity index (χ3v) is 3.86. The van der Waals surface area contributed by atoms with E-state index in [0.717, 1.165) is 11.3 Å². The Kier molecular flexibility index (Phi) is 6.24. The van der Waals surface area contributed by atoms with Gasteiger partial charge in [-0.05, 0) is 41.3 Å². The maximum atomic E-state index is 11.9. The average Bonchev–Trinajstić information content (AvgIpc) is 2.58. The van der Waals surface area contributed by atoms with Gasteiger partial charge < -0.3 is 15.0 Å². The molecule has 0 fully saturated rings. The molecule has 1 amide bonds. The van der Waals surface area contributed by atoms with Gasteiger partial charge in [-0.2, -0.15) is 0 Å². The lowest BCUT2D eigenvalue weighted by molar-refractivity contribution is -0.123. The lowest BCUT2D eigenvalue weighted by Crippen LogP contribution is -2.28. The summed E-state index contributed by atoms with van der Waals surface area (Å²) in [5.41, 5.74) is 3.46. The van der Waals surface area contributed by atoms with Crippen molar-refractivity contribution in [2.24, 2.45) is 0 Å². The zero-order valence-electron chi connectivity index (χ0n) is 14.9. The normalized spacial score (nSPS) is 10.5. The van der Waals surface area contributed by atoms with E-state index in [4.69, 9.17) is 4.74 Å². The Morgan fingerprint density at radius 1 is 1.04 bits per heavy atom. The summed E-state index contributed by atoms with van der Waals surface area (Å²) in [7, 11) is 4.00. The van der Waals surface area contributed by atoms with Crippen molar-refractivity contribution < 1.29 is 9.53 Å². The van der Waals surface area contributed by atoms with Gasteiger partial charge in [-0.25, -0.2) is 0 Å². The maximum Gasteiger partial charge on any atom is 0.258 e. The number of nitrogens with one attached hydrogen (secondary N) is 1. The summed E-state index contributed by atoms with van der Waals surface area (Å²) in [6, 6.07) is 16.0. The Labute approximate surface area is 144 Å². The molecule has 0 aliphatic rings. The van der Waals surface area contributed by atoms with E-state index in [2.05, 4.69) is 19.2 Å². The highest BCUT2D eigenvalue weighted by Crippen LogP contribution is 2.18. The van der Waals surface area contributed by atoms with Crippen LogP contribution in [0.5, 0.6) is 5.75 Å². The fraction of sp³-hybridized carbons (Fsp3) is 0.350. The summed E-state index contributed by atoms with van der Waals surface area (Å²) >= 11 is 0. The number of hydrogen-bond acceptors (Lipinski definition) is 3. The first-order valence-electron chi connectivity index (χ1n) is 8.21. The summed E-state index contributed by atoms with van der Waals surface area (Å²) in [5, 5.41) is 2.87. The highest BCUT2D eigenvalue weighted by atomic mass is 16.5. The minimum Gasteiger partial charge on any atom is -0.484 e. The number of rotatable bonds is 7. The monoisotopic (exact) mass is 326 g/mol. The fourth-order valence-electron chi connectivity index (χ4n) is 2.26. The molecule has 1 N–H and O–H groups in total. The van der Waals surface area contributed by atoms with Gasteiger partial charge in [0, 0.05) is 26.3 Å². The Bertz CT molecular complexity index is 589. The zero-order valence-corrected chi connectivity index (χ0v) is 14.9. The fourth-order valence-corrected chi connectivity index (χ4v) is 2.26. The van der Waals surface area contributed by atoms with Gasteiger partial charge in [0.25, 0.3) is 5.91 Å². The van der Waals surface area contributed by atoms with E-state index in [9.17, 15) is 4.79 Å². The van der Waals surface area contributed by atoms with E-state index in [-0.39, 0.29) is 12.5 Å². The van der Waals surface area contributed by atoms with Crippen LogP contribution in [0.1, 0.15) is 30.9 Å². The van der Waals surface area contributed by atoms with Gasteiger partial charge in [-0.3, -0.25) is 4.79 Å². The van der Waals surface area contributed by atoms with E-state index in [1.807, 2.05) is 67.5 Å². The van der Waals surface area contributed by atoms with Crippen LogP contribution in [0.15, 0.2) is 48.5 Å². The van der Waals surface area contributed by atoms with Gasteiger partial charge in [-0.1, -0.05) is 38.1 Å². The Balaban J connectivity index is 1.76. The predicted molar refractivity (Wildman–Crippen MR) is 98.6 cm³/mol. The summed E-state index contributed by atoms with van der Waals surface area (Å²) < 4.78 is 5.52. The van der Waals surface area contributed by atoms with Crippen LogP contribution in [0.25, 0.3) is 0 Å². The molecule has 0 radical (unpaired) electrons. The van der Waals surface area contributed by atoms with Crippen molar-refractivity contribution in [3.05, 3.63) is 59.7 Å². The number of nitrogens with zero attached hydrogens (tertiary/aromatic N) is 1. The molecule has 0 heterocycles. The first kappa shape index (κ1) is 17.9. The minimum absolute atomic E-state index is 0.0246. The summed E-state index contributed by atoms with van der Waals surface area (Å²) in [4.78, 5) is 13.9. The molecule has 0 atom stereocenters. The largest absolute Gasteiger partial charge is 0.484 e. The molecule has 0 aromatic heterocycles. The zero-order chi connectivity index (χ0) is 17.5. The molecule has 0 unspecified atom stereocenters. The number of carbonyl (C=O) groups excluding carboxylic acids is 1. The van der Waals surface area contributed by atoms with Crippen LogP contribution >= 0.6 is 0 Å². The molecule has 128 valence electrons. The van der Waals surface area contributed by atoms with Crippen LogP contribution in [-0.4, -0.2) is 26.6 Å². The SMILES string of the molecule is CC(C)c1ccc(OCC(=O)NCc2ccc(N(C)C)cc2)cc1. The molecule has 24 heavy (non-hydrogen) atoms. The highest BCUT2D eigenvalue weighted by molar-refractivity contribution is 5.77. The van der Waals surface area contributed by atoms with Crippen molar-refractivity contribution in [3.63, 3.8) is 0 Å². The Morgan fingerprint density at radius 2 is 1.67 bits per heavy atom. The summed E-state index contributed by atoms with van der Waals surface area (Å²) in [6.45, 7) is 4.82. The van der Waals surface area contributed by atoms with Crippen LogP contribution in [0.2, 0.25) is 0 Å². The van der Waals surface area contributed by atoms with E-state index in [0.29, 0.717) is 18.2 Å². The molecule has 0 aliphatic carbocycles. The van der Waals surface area contributed by atoms with Crippen LogP contribution in [0.3, 0.4) is 0 Å². The summed E-state index contributed by atoms with van der Waals surface area (Å²) in [5.74, 6) is 1.07. The predicted octanol–water partition coefficient (Wildman–Crippen LogP) is 3.57. The Hall–Kier alpha value is -2.49. The van der Waals surface area contributed by atoms with Crippen molar-refractivity contribution in [2.75, 3.05) is 25.6 Å². The number of anilines is 1. The molecular weight excluding hydrogens is 300 g/mol. The molecule has 0 saturated carbocycles. The standard InChI is InChI=1S/C20H26N2O2/c1-15(2)17-7-11-19(12-8-17)24-14-20(23)21-13-16-5-9-18(10-6-16)22(3)4/h5-12,15H,13-14H2,1-4H3,(H,21,23). The molecule has 2 rings (SSSR count). The number of amides is 1. The third-order valence-electron chi connectivity index (χ3n) is 3.86. The van der Waals surface area contributed by atoms with Crippen molar-refractivity contribution in [2.45, 2.75) is 26.3 Å². The van der Waals surface area contributed by atoms with Gasteiger partial charge >= 0.3 is 0 Å². The first-order chi connectivity index (χ1) is 11.5. The van der Waals surface area contributed by atoms with Crippen molar-refractivity contribution in [1.29, 1.82) is 0 Å². The van der Waals surface area contributed by atoms with E-state index in [1.165, 1.54) is 5.56 Å². The molecular formula is C20H26N2O2. The van der Waals surface area contributed by atoms with Gasteiger partial charge in [0.15, 0.2) is 6.61 Å². The number of benzene rings is 2.